The summed E-state index contributed by atoms with van der Waals surface area (Å²) < 4.78 is 0. The molecule has 1 fully saturated rings. The molecule has 1 aliphatic heterocycles. The fourth-order valence-corrected chi connectivity index (χ4v) is 2.33. The molecule has 110 valence electrons. The molecule has 0 bridgehead atoms. The average Bonchev–Trinajstić information content (AvgIpc) is 2.37. The van der Waals surface area contributed by atoms with Gasteiger partial charge in [0.25, 0.3) is 0 Å². The van der Waals surface area contributed by atoms with E-state index in [1.807, 2.05) is 0 Å². The lowest BCUT2D eigenvalue weighted by molar-refractivity contribution is -0.146. The lowest BCUT2D eigenvalue weighted by Crippen LogP contribution is -2.48. The maximum Gasteiger partial charge on any atom is 0.307 e. The Hall–Kier alpha value is -1.10. The zero-order valence-corrected chi connectivity index (χ0v) is 12.3. The summed E-state index contributed by atoms with van der Waals surface area (Å²) >= 11 is 0. The Morgan fingerprint density at radius 1 is 1.11 bits per heavy atom. The summed E-state index contributed by atoms with van der Waals surface area (Å²) in [6.07, 6.45) is 1.89. The van der Waals surface area contributed by atoms with E-state index in [1.54, 1.807) is 13.8 Å². The van der Waals surface area contributed by atoms with Crippen LogP contribution in [0.15, 0.2) is 0 Å². The number of carbonyl (C=O) groups excluding carboxylic acids is 1. The zero-order valence-electron chi connectivity index (χ0n) is 12.3. The first kappa shape index (κ1) is 16.0. The molecule has 0 saturated carbocycles. The molecule has 0 aromatic carbocycles. The van der Waals surface area contributed by atoms with Gasteiger partial charge in [-0.2, -0.15) is 0 Å². The third-order valence-corrected chi connectivity index (χ3v) is 4.16. The molecule has 1 amide bonds. The molecule has 2 unspecified atom stereocenters. The van der Waals surface area contributed by atoms with E-state index in [0.29, 0.717) is 6.04 Å². The van der Waals surface area contributed by atoms with E-state index >= 15 is 0 Å². The van der Waals surface area contributed by atoms with Crippen molar-refractivity contribution in [3.05, 3.63) is 0 Å². The minimum Gasteiger partial charge on any atom is -0.481 e. The van der Waals surface area contributed by atoms with E-state index < -0.39 is 17.8 Å². The summed E-state index contributed by atoms with van der Waals surface area (Å²) in [6, 6.07) is 0.730. The predicted octanol–water partition coefficient (Wildman–Crippen LogP) is 1.33. The highest BCUT2D eigenvalue weighted by molar-refractivity contribution is 5.84. The number of hydrogen-bond donors (Lipinski definition) is 2. The van der Waals surface area contributed by atoms with Crippen LogP contribution in [0.25, 0.3) is 0 Å². The number of aliphatic carboxylic acids is 1. The molecule has 1 rings (SSSR count). The number of carbonyl (C=O) groups is 2. The fourth-order valence-electron chi connectivity index (χ4n) is 2.33. The van der Waals surface area contributed by atoms with Crippen LogP contribution in [-0.4, -0.2) is 47.1 Å². The van der Waals surface area contributed by atoms with Gasteiger partial charge in [0, 0.05) is 31.1 Å². The number of nitrogens with one attached hydrogen (secondary N) is 1. The molecule has 2 atom stereocenters. The summed E-state index contributed by atoms with van der Waals surface area (Å²) in [4.78, 5) is 25.2. The summed E-state index contributed by atoms with van der Waals surface area (Å²) in [5.41, 5.74) is 0. The van der Waals surface area contributed by atoms with E-state index in [4.69, 9.17) is 5.11 Å². The van der Waals surface area contributed by atoms with Crippen LogP contribution < -0.4 is 5.32 Å². The van der Waals surface area contributed by atoms with Crippen LogP contribution >= 0.6 is 0 Å². The number of piperidine rings is 1. The number of hydrogen-bond acceptors (Lipinski definition) is 3. The van der Waals surface area contributed by atoms with Crippen molar-refractivity contribution in [2.24, 2.45) is 11.8 Å². The van der Waals surface area contributed by atoms with Crippen molar-refractivity contribution >= 4 is 11.9 Å². The van der Waals surface area contributed by atoms with Crippen LogP contribution in [0.2, 0.25) is 0 Å². The standard InChI is InChI=1S/C14H26N2O3/c1-9(2)16-7-5-12(6-8-16)15-13(17)10(3)11(4)14(18)19/h9-12H,5-8H2,1-4H3,(H,15,17)(H,18,19). The summed E-state index contributed by atoms with van der Waals surface area (Å²) in [7, 11) is 0. The Morgan fingerprint density at radius 2 is 1.63 bits per heavy atom. The van der Waals surface area contributed by atoms with Gasteiger partial charge in [-0.3, -0.25) is 9.59 Å². The van der Waals surface area contributed by atoms with E-state index in [0.717, 1.165) is 25.9 Å². The van der Waals surface area contributed by atoms with Crippen molar-refractivity contribution in [2.75, 3.05) is 13.1 Å². The molecule has 5 heteroatoms. The number of carboxylic acids is 1. The van der Waals surface area contributed by atoms with Gasteiger partial charge in [0.05, 0.1) is 5.92 Å². The minimum atomic E-state index is -0.919. The van der Waals surface area contributed by atoms with Crippen LogP contribution in [0.3, 0.4) is 0 Å². The Bertz CT molecular complexity index is 323. The van der Waals surface area contributed by atoms with E-state index in [-0.39, 0.29) is 11.9 Å². The molecule has 19 heavy (non-hydrogen) atoms. The Balaban J connectivity index is 2.40. The minimum absolute atomic E-state index is 0.141. The van der Waals surface area contributed by atoms with Crippen molar-refractivity contribution < 1.29 is 14.7 Å². The van der Waals surface area contributed by atoms with Gasteiger partial charge in [-0.15, -0.1) is 0 Å². The van der Waals surface area contributed by atoms with Gasteiger partial charge in [0.1, 0.15) is 0 Å². The second kappa shape index (κ2) is 6.89. The summed E-state index contributed by atoms with van der Waals surface area (Å²) in [5, 5.41) is 11.9. The number of carboxylic acid groups (broad SMARTS) is 1. The molecule has 1 heterocycles. The van der Waals surface area contributed by atoms with Crippen molar-refractivity contribution in [1.29, 1.82) is 0 Å². The fraction of sp³-hybridized carbons (Fsp3) is 0.857. The van der Waals surface area contributed by atoms with E-state index in [2.05, 4.69) is 24.1 Å². The SMILES string of the molecule is CC(C(=O)O)C(C)C(=O)NC1CCN(C(C)C)CC1. The molecule has 0 aromatic rings. The summed E-state index contributed by atoms with van der Waals surface area (Å²) in [6.45, 7) is 9.59. The van der Waals surface area contributed by atoms with Crippen LogP contribution in [0, 0.1) is 11.8 Å². The van der Waals surface area contributed by atoms with Gasteiger partial charge in [-0.25, -0.2) is 0 Å². The van der Waals surface area contributed by atoms with Crippen LogP contribution in [-0.2, 0) is 9.59 Å². The van der Waals surface area contributed by atoms with Crippen molar-refractivity contribution in [3.8, 4) is 0 Å². The molecule has 1 saturated heterocycles. The predicted molar refractivity (Wildman–Crippen MR) is 73.8 cm³/mol. The van der Waals surface area contributed by atoms with Gasteiger partial charge in [0.15, 0.2) is 0 Å². The lowest BCUT2D eigenvalue weighted by atomic mass is 9.94. The molecular weight excluding hydrogens is 244 g/mol. The highest BCUT2D eigenvalue weighted by Gasteiger charge is 2.28. The largest absolute Gasteiger partial charge is 0.481 e. The second-order valence-electron chi connectivity index (χ2n) is 5.83. The van der Waals surface area contributed by atoms with Gasteiger partial charge < -0.3 is 15.3 Å². The van der Waals surface area contributed by atoms with Crippen LogP contribution in [0.1, 0.15) is 40.5 Å². The van der Waals surface area contributed by atoms with Crippen LogP contribution in [0.4, 0.5) is 0 Å². The van der Waals surface area contributed by atoms with Crippen molar-refractivity contribution in [2.45, 2.75) is 52.6 Å². The van der Waals surface area contributed by atoms with Gasteiger partial charge in [-0.05, 0) is 26.7 Å². The van der Waals surface area contributed by atoms with Crippen molar-refractivity contribution in [3.63, 3.8) is 0 Å². The number of nitrogens with zero attached hydrogens (tertiary/aromatic N) is 1. The highest BCUT2D eigenvalue weighted by Crippen LogP contribution is 2.16. The zero-order chi connectivity index (χ0) is 14.6. The van der Waals surface area contributed by atoms with Crippen LogP contribution in [0.5, 0.6) is 0 Å². The Morgan fingerprint density at radius 3 is 2.05 bits per heavy atom. The smallest absolute Gasteiger partial charge is 0.307 e. The third kappa shape index (κ3) is 4.49. The normalized spacial score (nSPS) is 21.1. The molecular formula is C14H26N2O3. The summed E-state index contributed by atoms with van der Waals surface area (Å²) in [5.74, 6) is -2.19. The van der Waals surface area contributed by atoms with Gasteiger partial charge >= 0.3 is 5.97 Å². The first-order valence-corrected chi connectivity index (χ1v) is 7.10. The van der Waals surface area contributed by atoms with E-state index in [1.165, 1.54) is 0 Å². The number of amides is 1. The molecule has 0 aromatic heterocycles. The topological polar surface area (TPSA) is 69.6 Å². The Labute approximate surface area is 115 Å². The number of likely N-dealkylation sites (tertiary alicyclic amines) is 1. The van der Waals surface area contributed by atoms with E-state index in [9.17, 15) is 9.59 Å². The van der Waals surface area contributed by atoms with Gasteiger partial charge in [0.2, 0.25) is 5.91 Å². The first-order chi connectivity index (χ1) is 8.82. The number of rotatable bonds is 5. The molecule has 5 nitrogen and oxygen atoms in total. The molecule has 0 spiro atoms. The molecule has 1 aliphatic rings. The monoisotopic (exact) mass is 270 g/mol. The second-order valence-corrected chi connectivity index (χ2v) is 5.83. The van der Waals surface area contributed by atoms with Crippen molar-refractivity contribution in [1.82, 2.24) is 10.2 Å². The first-order valence-electron chi connectivity index (χ1n) is 7.10. The molecule has 0 aliphatic carbocycles. The molecule has 2 N–H and O–H groups in total. The van der Waals surface area contributed by atoms with Gasteiger partial charge in [-0.1, -0.05) is 13.8 Å². The Kier molecular flexibility index (Phi) is 5.79. The maximum absolute atomic E-state index is 12.0. The average molecular weight is 270 g/mol. The highest BCUT2D eigenvalue weighted by atomic mass is 16.4. The lowest BCUT2D eigenvalue weighted by Gasteiger charge is -2.35. The maximum atomic E-state index is 12.0. The molecule has 0 radical (unpaired) electrons. The quantitative estimate of drug-likeness (QED) is 0.791. The third-order valence-electron chi connectivity index (χ3n) is 4.16.